The Balaban J connectivity index is 1.70. The van der Waals surface area contributed by atoms with Gasteiger partial charge in [-0.3, -0.25) is 0 Å². The van der Waals surface area contributed by atoms with Crippen LogP contribution in [0.15, 0.2) is 47.4 Å². The maximum Gasteiger partial charge on any atom is 0.0345 e. The van der Waals surface area contributed by atoms with Crippen molar-refractivity contribution in [3.05, 3.63) is 59.2 Å². The van der Waals surface area contributed by atoms with Gasteiger partial charge in [0.25, 0.3) is 0 Å². The number of rotatable bonds is 3. The van der Waals surface area contributed by atoms with E-state index < -0.39 is 0 Å². The van der Waals surface area contributed by atoms with Crippen molar-refractivity contribution in [1.82, 2.24) is 0 Å². The molecule has 98 valence electrons. The Morgan fingerprint density at radius 3 is 2.63 bits per heavy atom. The molecule has 0 bridgehead atoms. The van der Waals surface area contributed by atoms with Gasteiger partial charge in [-0.25, -0.2) is 0 Å². The van der Waals surface area contributed by atoms with E-state index in [0.717, 1.165) is 6.54 Å². The highest BCUT2D eigenvalue weighted by Crippen LogP contribution is 2.39. The van der Waals surface area contributed by atoms with Crippen LogP contribution in [0, 0.1) is 13.8 Å². The highest BCUT2D eigenvalue weighted by atomic mass is 32.2. The lowest BCUT2D eigenvalue weighted by molar-refractivity contribution is 0.819. The van der Waals surface area contributed by atoms with Gasteiger partial charge in [-0.05, 0) is 48.7 Å². The normalized spacial score (nSPS) is 17.3. The van der Waals surface area contributed by atoms with Crippen molar-refractivity contribution < 1.29 is 0 Å². The minimum absolute atomic E-state index is 0.627. The molecule has 1 unspecified atom stereocenters. The third-order valence-electron chi connectivity index (χ3n) is 3.57. The van der Waals surface area contributed by atoms with Crippen LogP contribution < -0.4 is 5.32 Å². The van der Waals surface area contributed by atoms with Gasteiger partial charge in [-0.2, -0.15) is 0 Å². The summed E-state index contributed by atoms with van der Waals surface area (Å²) in [5.41, 5.74) is 5.39. The molecule has 0 aromatic heterocycles. The Kier molecular flexibility index (Phi) is 3.52. The molecule has 1 atom stereocenters. The van der Waals surface area contributed by atoms with E-state index in [1.165, 1.54) is 33.0 Å². The van der Waals surface area contributed by atoms with E-state index in [2.05, 4.69) is 61.6 Å². The van der Waals surface area contributed by atoms with E-state index >= 15 is 0 Å². The van der Waals surface area contributed by atoms with Gasteiger partial charge in [-0.15, -0.1) is 11.8 Å². The second-order valence-electron chi connectivity index (χ2n) is 5.30. The molecule has 2 heteroatoms. The molecule has 1 aliphatic rings. The van der Waals surface area contributed by atoms with E-state index in [1.807, 2.05) is 11.8 Å². The monoisotopic (exact) mass is 269 g/mol. The van der Waals surface area contributed by atoms with Crippen LogP contribution in [0.3, 0.4) is 0 Å². The lowest BCUT2D eigenvalue weighted by Gasteiger charge is -2.14. The molecule has 0 amide bonds. The van der Waals surface area contributed by atoms with E-state index in [1.54, 1.807) is 0 Å². The average Bonchev–Trinajstić information content (AvgIpc) is 2.78. The fraction of sp³-hybridized carbons (Fsp3) is 0.294. The van der Waals surface area contributed by atoms with Crippen LogP contribution in [0.25, 0.3) is 0 Å². The molecule has 2 aromatic rings. The molecular formula is C17H19NS. The van der Waals surface area contributed by atoms with E-state index in [4.69, 9.17) is 0 Å². The predicted octanol–water partition coefficient (Wildman–Crippen LogP) is 4.60. The second kappa shape index (κ2) is 5.30. The Labute approximate surface area is 119 Å². The van der Waals surface area contributed by atoms with Gasteiger partial charge in [0.15, 0.2) is 0 Å². The number of fused-ring (bicyclic) bond motifs is 1. The fourth-order valence-corrected chi connectivity index (χ4v) is 3.97. The zero-order valence-electron chi connectivity index (χ0n) is 11.4. The molecule has 0 fully saturated rings. The summed E-state index contributed by atoms with van der Waals surface area (Å²) >= 11 is 1.98. The molecule has 0 spiro atoms. The maximum absolute atomic E-state index is 3.60. The minimum atomic E-state index is 0.627. The molecule has 19 heavy (non-hydrogen) atoms. The van der Waals surface area contributed by atoms with Crippen molar-refractivity contribution in [1.29, 1.82) is 0 Å². The standard InChI is InChI=1S/C17H19NS/c1-12-7-13(2)9-15(8-12)18-10-14-11-19-17-6-4-3-5-16(14)17/h3-9,14,18H,10-11H2,1-2H3. The maximum atomic E-state index is 3.60. The molecule has 0 saturated carbocycles. The first-order valence-corrected chi connectivity index (χ1v) is 7.75. The zero-order valence-corrected chi connectivity index (χ0v) is 12.3. The first kappa shape index (κ1) is 12.6. The molecule has 0 aliphatic carbocycles. The molecule has 3 rings (SSSR count). The largest absolute Gasteiger partial charge is 0.384 e. The fourth-order valence-electron chi connectivity index (χ4n) is 2.72. The first-order chi connectivity index (χ1) is 9.22. The molecule has 1 aliphatic heterocycles. The Morgan fingerprint density at radius 2 is 1.84 bits per heavy atom. The van der Waals surface area contributed by atoms with Crippen LogP contribution in [0.2, 0.25) is 0 Å². The highest BCUT2D eigenvalue weighted by Gasteiger charge is 2.22. The molecule has 2 aromatic carbocycles. The van der Waals surface area contributed by atoms with Crippen LogP contribution in [0.5, 0.6) is 0 Å². The van der Waals surface area contributed by atoms with Gasteiger partial charge in [0.2, 0.25) is 0 Å². The summed E-state index contributed by atoms with van der Waals surface area (Å²) in [5, 5.41) is 3.60. The van der Waals surface area contributed by atoms with Crippen LogP contribution in [-0.4, -0.2) is 12.3 Å². The van der Waals surface area contributed by atoms with Crippen molar-refractivity contribution in [2.45, 2.75) is 24.7 Å². The van der Waals surface area contributed by atoms with Gasteiger partial charge < -0.3 is 5.32 Å². The number of aryl methyl sites for hydroxylation is 2. The van der Waals surface area contributed by atoms with Gasteiger partial charge in [0.1, 0.15) is 0 Å². The first-order valence-electron chi connectivity index (χ1n) is 6.76. The minimum Gasteiger partial charge on any atom is -0.384 e. The predicted molar refractivity (Wildman–Crippen MR) is 84.3 cm³/mol. The number of benzene rings is 2. The summed E-state index contributed by atoms with van der Waals surface area (Å²) in [4.78, 5) is 1.45. The summed E-state index contributed by atoms with van der Waals surface area (Å²) in [6, 6.07) is 15.4. The Morgan fingerprint density at radius 1 is 1.11 bits per heavy atom. The lowest BCUT2D eigenvalue weighted by Crippen LogP contribution is -2.12. The van der Waals surface area contributed by atoms with Crippen molar-refractivity contribution in [3.63, 3.8) is 0 Å². The molecule has 0 saturated heterocycles. The van der Waals surface area contributed by atoms with Crippen LogP contribution in [0.1, 0.15) is 22.6 Å². The van der Waals surface area contributed by atoms with Crippen molar-refractivity contribution >= 4 is 17.4 Å². The van der Waals surface area contributed by atoms with Gasteiger partial charge in [-0.1, -0.05) is 24.3 Å². The van der Waals surface area contributed by atoms with Crippen molar-refractivity contribution in [3.8, 4) is 0 Å². The number of hydrogen-bond donors (Lipinski definition) is 1. The number of nitrogens with one attached hydrogen (secondary N) is 1. The lowest BCUT2D eigenvalue weighted by atomic mass is 10.0. The summed E-state index contributed by atoms with van der Waals surface area (Å²) in [7, 11) is 0. The smallest absolute Gasteiger partial charge is 0.0345 e. The third kappa shape index (κ3) is 2.79. The van der Waals surface area contributed by atoms with Crippen LogP contribution in [0.4, 0.5) is 5.69 Å². The van der Waals surface area contributed by atoms with Gasteiger partial charge >= 0.3 is 0 Å². The molecule has 1 heterocycles. The summed E-state index contributed by atoms with van der Waals surface area (Å²) < 4.78 is 0. The molecule has 0 radical (unpaired) electrons. The zero-order chi connectivity index (χ0) is 13.2. The SMILES string of the molecule is Cc1cc(C)cc(NCC2CSc3ccccc32)c1. The quantitative estimate of drug-likeness (QED) is 0.873. The van der Waals surface area contributed by atoms with E-state index in [0.29, 0.717) is 5.92 Å². The van der Waals surface area contributed by atoms with Gasteiger partial charge in [0, 0.05) is 28.8 Å². The highest BCUT2D eigenvalue weighted by molar-refractivity contribution is 7.99. The third-order valence-corrected chi connectivity index (χ3v) is 4.82. The Bertz CT molecular complexity index is 571. The number of anilines is 1. The Hall–Kier alpha value is -1.41. The molecule has 1 nitrogen and oxygen atoms in total. The van der Waals surface area contributed by atoms with Crippen molar-refractivity contribution in [2.75, 3.05) is 17.6 Å². The van der Waals surface area contributed by atoms with Crippen LogP contribution in [-0.2, 0) is 0 Å². The second-order valence-corrected chi connectivity index (χ2v) is 6.36. The average molecular weight is 269 g/mol. The van der Waals surface area contributed by atoms with Crippen molar-refractivity contribution in [2.24, 2.45) is 0 Å². The number of thioether (sulfide) groups is 1. The number of hydrogen-bond acceptors (Lipinski definition) is 2. The van der Waals surface area contributed by atoms with E-state index in [-0.39, 0.29) is 0 Å². The van der Waals surface area contributed by atoms with E-state index in [9.17, 15) is 0 Å². The molecular weight excluding hydrogens is 250 g/mol. The summed E-state index contributed by atoms with van der Waals surface area (Å²) in [6.07, 6.45) is 0. The van der Waals surface area contributed by atoms with Gasteiger partial charge in [0.05, 0.1) is 0 Å². The summed E-state index contributed by atoms with van der Waals surface area (Å²) in [5.74, 6) is 1.82. The molecule has 1 N–H and O–H groups in total. The summed E-state index contributed by atoms with van der Waals surface area (Å²) in [6.45, 7) is 5.32. The van der Waals surface area contributed by atoms with Crippen LogP contribution >= 0.6 is 11.8 Å². The topological polar surface area (TPSA) is 12.0 Å².